The van der Waals surface area contributed by atoms with E-state index >= 15 is 0 Å². The molecule has 4 aromatic heterocycles. The predicted molar refractivity (Wildman–Crippen MR) is 120 cm³/mol. The molecule has 5 rings (SSSR count). The molecule has 1 atom stereocenters. The van der Waals surface area contributed by atoms with Crippen molar-refractivity contribution in [2.75, 3.05) is 18.9 Å². The number of carbonyl (C=O) groups excluding carboxylic acids is 1. The number of halogens is 1. The average Bonchev–Trinajstić information content (AvgIpc) is 3.52. The van der Waals surface area contributed by atoms with E-state index in [2.05, 4.69) is 30.5 Å². The van der Waals surface area contributed by atoms with Crippen LogP contribution in [0.3, 0.4) is 0 Å². The van der Waals surface area contributed by atoms with E-state index in [0.29, 0.717) is 52.5 Å². The molecular formula is C21H20ClN9O2. The van der Waals surface area contributed by atoms with E-state index in [1.54, 1.807) is 44.8 Å². The quantitative estimate of drug-likeness (QED) is 0.457. The maximum absolute atomic E-state index is 12.4. The first kappa shape index (κ1) is 21.0. The third-order valence-electron chi connectivity index (χ3n) is 5.57. The standard InChI is InChI=1S/C21H20ClN9O2/c1-29-9-7-21(33,19(29)32)13-10-25-31(12-13)17-5-3-4-14(26-17)15-6-8-23-20(27-15)28-16-11-24-30(2)18(16)22/h3-6,8,10-12,33H,7,9H2,1-2H3,(H,23,27,28)/t21-/m1/s1. The fourth-order valence-electron chi connectivity index (χ4n) is 3.67. The summed E-state index contributed by atoms with van der Waals surface area (Å²) in [6.45, 7) is 0.489. The van der Waals surface area contributed by atoms with Crippen molar-refractivity contribution < 1.29 is 9.90 Å². The largest absolute Gasteiger partial charge is 0.375 e. The molecule has 0 radical (unpaired) electrons. The number of pyridine rings is 1. The van der Waals surface area contributed by atoms with Crippen LogP contribution in [-0.4, -0.2) is 64.0 Å². The van der Waals surface area contributed by atoms with Gasteiger partial charge in [0.15, 0.2) is 11.4 Å². The lowest BCUT2D eigenvalue weighted by Crippen LogP contribution is -2.35. The fourth-order valence-corrected chi connectivity index (χ4v) is 3.80. The molecule has 0 unspecified atom stereocenters. The monoisotopic (exact) mass is 465 g/mol. The van der Waals surface area contributed by atoms with Gasteiger partial charge in [-0.2, -0.15) is 10.2 Å². The summed E-state index contributed by atoms with van der Waals surface area (Å²) >= 11 is 6.20. The molecule has 1 fully saturated rings. The van der Waals surface area contributed by atoms with Crippen molar-refractivity contribution >= 4 is 29.1 Å². The van der Waals surface area contributed by atoms with Crippen LogP contribution in [0.4, 0.5) is 11.6 Å². The van der Waals surface area contributed by atoms with Crippen LogP contribution in [0.5, 0.6) is 0 Å². The molecule has 33 heavy (non-hydrogen) atoms. The van der Waals surface area contributed by atoms with Crippen molar-refractivity contribution in [1.82, 2.24) is 39.4 Å². The number of hydrogen-bond acceptors (Lipinski definition) is 8. The molecule has 11 nitrogen and oxygen atoms in total. The highest BCUT2D eigenvalue weighted by Gasteiger charge is 2.46. The third-order valence-corrected chi connectivity index (χ3v) is 6.02. The van der Waals surface area contributed by atoms with Gasteiger partial charge in [0.05, 0.1) is 29.5 Å². The van der Waals surface area contributed by atoms with Crippen LogP contribution in [0.15, 0.2) is 49.1 Å². The van der Waals surface area contributed by atoms with Crippen molar-refractivity contribution in [2.24, 2.45) is 7.05 Å². The Morgan fingerprint density at radius 3 is 2.67 bits per heavy atom. The summed E-state index contributed by atoms with van der Waals surface area (Å²) < 4.78 is 3.06. The Labute approximate surface area is 193 Å². The number of nitrogens with one attached hydrogen (secondary N) is 1. The molecule has 12 heteroatoms. The summed E-state index contributed by atoms with van der Waals surface area (Å²) in [5.74, 6) is 0.533. The Hall–Kier alpha value is -3.83. The second-order valence-corrected chi connectivity index (χ2v) is 8.11. The van der Waals surface area contributed by atoms with Gasteiger partial charge in [-0.05, 0) is 18.2 Å². The number of rotatable bonds is 5. The maximum atomic E-state index is 12.4. The van der Waals surface area contributed by atoms with Gasteiger partial charge in [-0.1, -0.05) is 17.7 Å². The minimum atomic E-state index is -1.56. The average molecular weight is 466 g/mol. The SMILES string of the molecule is CN1CC[C@@](O)(c2cnn(-c3cccc(-c4ccnc(Nc5cnn(C)c5Cl)n4)n3)c2)C1=O. The molecule has 0 aliphatic carbocycles. The topological polar surface area (TPSA) is 127 Å². The summed E-state index contributed by atoms with van der Waals surface area (Å²) in [5.41, 5.74) is 0.652. The summed E-state index contributed by atoms with van der Waals surface area (Å²) in [7, 11) is 3.41. The van der Waals surface area contributed by atoms with E-state index in [-0.39, 0.29) is 5.91 Å². The molecule has 1 aliphatic heterocycles. The van der Waals surface area contributed by atoms with E-state index in [1.165, 1.54) is 20.5 Å². The fraction of sp³-hybridized carbons (Fsp3) is 0.238. The van der Waals surface area contributed by atoms with Crippen LogP contribution in [-0.2, 0) is 17.4 Å². The van der Waals surface area contributed by atoms with Crippen LogP contribution in [0.25, 0.3) is 17.2 Å². The van der Waals surface area contributed by atoms with Gasteiger partial charge in [0.1, 0.15) is 5.15 Å². The van der Waals surface area contributed by atoms with Crippen LogP contribution >= 0.6 is 11.6 Å². The summed E-state index contributed by atoms with van der Waals surface area (Å²) in [6.07, 6.45) is 6.65. The Morgan fingerprint density at radius 1 is 1.12 bits per heavy atom. The van der Waals surface area contributed by atoms with Crippen LogP contribution in [0.1, 0.15) is 12.0 Å². The number of anilines is 2. The van der Waals surface area contributed by atoms with Gasteiger partial charge >= 0.3 is 0 Å². The van der Waals surface area contributed by atoms with Crippen molar-refractivity contribution in [3.8, 4) is 17.2 Å². The van der Waals surface area contributed by atoms with E-state index in [1.807, 2.05) is 12.1 Å². The number of amides is 1. The zero-order valence-corrected chi connectivity index (χ0v) is 18.6. The van der Waals surface area contributed by atoms with Crippen molar-refractivity contribution in [1.29, 1.82) is 0 Å². The van der Waals surface area contributed by atoms with Gasteiger partial charge in [-0.25, -0.2) is 19.6 Å². The first-order valence-electron chi connectivity index (χ1n) is 10.1. The van der Waals surface area contributed by atoms with Crippen LogP contribution in [0, 0.1) is 0 Å². The molecule has 1 saturated heterocycles. The minimum Gasteiger partial charge on any atom is -0.375 e. The van der Waals surface area contributed by atoms with Crippen molar-refractivity contribution in [2.45, 2.75) is 12.0 Å². The van der Waals surface area contributed by atoms with Gasteiger partial charge in [-0.15, -0.1) is 0 Å². The van der Waals surface area contributed by atoms with E-state index in [9.17, 15) is 9.90 Å². The van der Waals surface area contributed by atoms with Gasteiger partial charge in [0, 0.05) is 45.0 Å². The van der Waals surface area contributed by atoms with Crippen molar-refractivity contribution in [3.63, 3.8) is 0 Å². The number of aryl methyl sites for hydroxylation is 1. The van der Waals surface area contributed by atoms with E-state index in [0.717, 1.165) is 0 Å². The number of nitrogens with zero attached hydrogens (tertiary/aromatic N) is 8. The highest BCUT2D eigenvalue weighted by molar-refractivity contribution is 6.32. The highest BCUT2D eigenvalue weighted by atomic mass is 35.5. The number of aromatic nitrogens is 7. The molecule has 1 aliphatic rings. The lowest BCUT2D eigenvalue weighted by atomic mass is 9.95. The highest BCUT2D eigenvalue weighted by Crippen LogP contribution is 2.32. The lowest BCUT2D eigenvalue weighted by Gasteiger charge is -2.18. The zero-order chi connectivity index (χ0) is 23.2. The Morgan fingerprint density at radius 2 is 1.94 bits per heavy atom. The summed E-state index contributed by atoms with van der Waals surface area (Å²) in [5, 5.41) is 22.7. The summed E-state index contributed by atoms with van der Waals surface area (Å²) in [6, 6.07) is 7.17. The Balaban J connectivity index is 1.42. The molecule has 168 valence electrons. The van der Waals surface area contributed by atoms with E-state index < -0.39 is 5.60 Å². The Bertz CT molecular complexity index is 1350. The maximum Gasteiger partial charge on any atom is 0.259 e. The zero-order valence-electron chi connectivity index (χ0n) is 17.8. The van der Waals surface area contributed by atoms with Gasteiger partial charge in [0.2, 0.25) is 5.95 Å². The van der Waals surface area contributed by atoms with Crippen molar-refractivity contribution in [3.05, 3.63) is 59.8 Å². The predicted octanol–water partition coefficient (Wildman–Crippen LogP) is 1.90. The number of aliphatic hydroxyl groups is 1. The molecule has 5 heterocycles. The molecule has 0 spiro atoms. The number of hydrogen-bond donors (Lipinski definition) is 2. The number of likely N-dealkylation sites (tertiary alicyclic amines) is 1. The molecule has 0 saturated carbocycles. The smallest absolute Gasteiger partial charge is 0.259 e. The second kappa shape index (κ2) is 7.94. The normalized spacial score (nSPS) is 18.2. The van der Waals surface area contributed by atoms with Gasteiger partial charge in [-0.3, -0.25) is 9.48 Å². The molecule has 4 aromatic rings. The Kier molecular flexibility index (Phi) is 5.06. The number of likely N-dealkylation sites (N-methyl/N-ethyl adjacent to an activating group) is 1. The summed E-state index contributed by atoms with van der Waals surface area (Å²) in [4.78, 5) is 27.3. The second-order valence-electron chi connectivity index (χ2n) is 7.75. The van der Waals surface area contributed by atoms with Gasteiger partial charge < -0.3 is 15.3 Å². The molecular weight excluding hydrogens is 446 g/mol. The lowest BCUT2D eigenvalue weighted by molar-refractivity contribution is -0.143. The van der Waals surface area contributed by atoms with Crippen LogP contribution in [0.2, 0.25) is 5.15 Å². The third kappa shape index (κ3) is 3.70. The first-order valence-corrected chi connectivity index (χ1v) is 10.5. The van der Waals surface area contributed by atoms with Gasteiger partial charge in [0.25, 0.3) is 5.91 Å². The molecule has 1 amide bonds. The molecule has 0 bridgehead atoms. The first-order chi connectivity index (χ1) is 15.8. The van der Waals surface area contributed by atoms with E-state index in [4.69, 9.17) is 11.6 Å². The van der Waals surface area contributed by atoms with Crippen LogP contribution < -0.4 is 5.32 Å². The molecule has 0 aromatic carbocycles. The number of carbonyl (C=O) groups is 1. The minimum absolute atomic E-state index is 0.319. The molecule has 2 N–H and O–H groups in total.